The fourth-order valence-corrected chi connectivity index (χ4v) is 5.84. The van der Waals surface area contributed by atoms with Crippen LogP contribution in [-0.4, -0.2) is 95.3 Å². The van der Waals surface area contributed by atoms with Crippen LogP contribution in [0.5, 0.6) is 0 Å². The van der Waals surface area contributed by atoms with Crippen LogP contribution in [0.25, 0.3) is 0 Å². The number of piperidine rings is 1. The van der Waals surface area contributed by atoms with Gasteiger partial charge in [-0.1, -0.05) is 40.7 Å². The summed E-state index contributed by atoms with van der Waals surface area (Å²) in [6.45, 7) is 11.9. The average molecular weight is 613 g/mol. The Bertz CT molecular complexity index is 1360. The number of anilines is 2. The molecular formula is C32H45FN6O5. The van der Waals surface area contributed by atoms with Crippen LogP contribution in [0.15, 0.2) is 24.4 Å². The zero-order valence-corrected chi connectivity index (χ0v) is 26.6. The number of carbonyl (C=O) groups is 3. The van der Waals surface area contributed by atoms with E-state index in [0.717, 1.165) is 5.56 Å². The van der Waals surface area contributed by atoms with Crippen LogP contribution in [0.2, 0.25) is 0 Å². The first-order valence-corrected chi connectivity index (χ1v) is 15.3. The Labute approximate surface area is 258 Å². The summed E-state index contributed by atoms with van der Waals surface area (Å²) >= 11 is 0. The molecule has 0 aliphatic carbocycles. The largest absolute Gasteiger partial charge is 0.465 e. The zero-order chi connectivity index (χ0) is 32.2. The van der Waals surface area contributed by atoms with Gasteiger partial charge in [0.05, 0.1) is 12.0 Å². The van der Waals surface area contributed by atoms with Crippen LogP contribution < -0.4 is 10.2 Å². The highest BCUT2D eigenvalue weighted by Gasteiger charge is 2.41. The fourth-order valence-electron chi connectivity index (χ4n) is 5.84. The van der Waals surface area contributed by atoms with Crippen LogP contribution >= 0.6 is 0 Å². The molecular weight excluding hydrogens is 567 g/mol. The molecule has 12 heteroatoms. The van der Waals surface area contributed by atoms with Crippen LogP contribution in [0.4, 0.5) is 20.7 Å². The lowest BCUT2D eigenvalue weighted by molar-refractivity contribution is -0.124. The second-order valence-corrected chi connectivity index (χ2v) is 13.1. The monoisotopic (exact) mass is 612 g/mol. The minimum atomic E-state index is -1.16. The van der Waals surface area contributed by atoms with E-state index in [2.05, 4.69) is 10.3 Å². The lowest BCUT2D eigenvalue weighted by Crippen LogP contribution is -2.57. The molecule has 2 N–H and O–H groups in total. The van der Waals surface area contributed by atoms with Crippen molar-refractivity contribution in [1.82, 2.24) is 19.8 Å². The molecule has 2 atom stereocenters. The number of nitrogens with one attached hydrogen (secondary N) is 1. The van der Waals surface area contributed by atoms with Crippen molar-refractivity contribution in [2.45, 2.75) is 65.3 Å². The van der Waals surface area contributed by atoms with Crippen molar-refractivity contribution in [3.63, 3.8) is 0 Å². The van der Waals surface area contributed by atoms with E-state index in [9.17, 15) is 23.9 Å². The molecule has 1 aromatic heterocycles. The van der Waals surface area contributed by atoms with Gasteiger partial charge in [-0.05, 0) is 42.9 Å². The summed E-state index contributed by atoms with van der Waals surface area (Å²) in [7, 11) is 1.63. The number of ether oxygens (including phenoxy) is 1. The fraction of sp³-hybridized carbons (Fsp3) is 0.594. The maximum absolute atomic E-state index is 14.3. The highest BCUT2D eigenvalue weighted by molar-refractivity contribution is 5.99. The van der Waals surface area contributed by atoms with E-state index in [1.165, 1.54) is 23.2 Å². The van der Waals surface area contributed by atoms with E-state index in [1.54, 1.807) is 23.0 Å². The number of hydrogen-bond acceptors (Lipinski definition) is 7. The Morgan fingerprint density at radius 3 is 2.64 bits per heavy atom. The summed E-state index contributed by atoms with van der Waals surface area (Å²) in [6.07, 6.45) is 1.97. The maximum Gasteiger partial charge on any atom is 0.407 e. The second-order valence-electron chi connectivity index (χ2n) is 13.1. The summed E-state index contributed by atoms with van der Waals surface area (Å²) < 4.78 is 19.3. The van der Waals surface area contributed by atoms with Crippen molar-refractivity contribution < 1.29 is 28.6 Å². The summed E-state index contributed by atoms with van der Waals surface area (Å²) in [5.41, 5.74) is 1.34. The number of rotatable bonds is 10. The van der Waals surface area contributed by atoms with Gasteiger partial charge in [0.25, 0.3) is 5.91 Å². The molecule has 11 nitrogen and oxygen atoms in total. The van der Waals surface area contributed by atoms with Crippen LogP contribution in [0, 0.1) is 17.7 Å². The third-order valence-electron chi connectivity index (χ3n) is 8.03. The van der Waals surface area contributed by atoms with Crippen LogP contribution in [0.1, 0.15) is 69.2 Å². The van der Waals surface area contributed by atoms with E-state index in [-0.39, 0.29) is 48.2 Å². The molecule has 3 amide bonds. The van der Waals surface area contributed by atoms with Gasteiger partial charge in [-0.25, -0.2) is 19.2 Å². The van der Waals surface area contributed by atoms with Gasteiger partial charge < -0.3 is 29.9 Å². The number of hydrogen-bond donors (Lipinski definition) is 2. The van der Waals surface area contributed by atoms with Gasteiger partial charge in [-0.2, -0.15) is 0 Å². The lowest BCUT2D eigenvalue weighted by atomic mass is 9.91. The van der Waals surface area contributed by atoms with Crippen molar-refractivity contribution in [2.24, 2.45) is 11.8 Å². The van der Waals surface area contributed by atoms with Gasteiger partial charge in [0, 0.05) is 63.7 Å². The smallest absolute Gasteiger partial charge is 0.407 e. The van der Waals surface area contributed by atoms with E-state index in [1.807, 2.05) is 34.6 Å². The Morgan fingerprint density at radius 1 is 1.23 bits per heavy atom. The predicted molar refractivity (Wildman–Crippen MR) is 166 cm³/mol. The molecule has 0 saturated carbocycles. The predicted octanol–water partition coefficient (Wildman–Crippen LogP) is 4.42. The van der Waals surface area contributed by atoms with Gasteiger partial charge in [0.15, 0.2) is 0 Å². The molecule has 1 fully saturated rings. The number of fused-ring (bicyclic) bond motifs is 1. The number of methoxy groups -OCH3 is 1. The third kappa shape index (κ3) is 7.64. The quantitative estimate of drug-likeness (QED) is 0.378. The van der Waals surface area contributed by atoms with Gasteiger partial charge in [-0.3, -0.25) is 9.59 Å². The van der Waals surface area contributed by atoms with Crippen molar-refractivity contribution >= 4 is 29.4 Å². The van der Waals surface area contributed by atoms with Gasteiger partial charge in [-0.15, -0.1) is 0 Å². The van der Waals surface area contributed by atoms with Crippen molar-refractivity contribution in [2.75, 3.05) is 56.7 Å². The SMILES string of the molecule is COCCCNc1nc(C(C)(C)C)ncc1C(=O)N(CC(C)C)[C@H]1C[C@@H](C(=O)N2CCc3ccc(F)cc32)CN(C(=O)O)C1. The van der Waals surface area contributed by atoms with Crippen LogP contribution in [0.3, 0.4) is 0 Å². The molecule has 44 heavy (non-hydrogen) atoms. The Kier molecular flexibility index (Phi) is 10.4. The van der Waals surface area contributed by atoms with Crippen molar-refractivity contribution in [3.05, 3.63) is 47.2 Å². The van der Waals surface area contributed by atoms with E-state index in [0.29, 0.717) is 56.4 Å². The van der Waals surface area contributed by atoms with Crippen LogP contribution in [-0.2, 0) is 21.4 Å². The van der Waals surface area contributed by atoms with Crippen molar-refractivity contribution in [1.29, 1.82) is 0 Å². The van der Waals surface area contributed by atoms with Gasteiger partial charge >= 0.3 is 6.09 Å². The molecule has 0 unspecified atom stereocenters. The first kappa shape index (κ1) is 33.1. The topological polar surface area (TPSA) is 128 Å². The van der Waals surface area contributed by atoms with E-state index in [4.69, 9.17) is 9.72 Å². The minimum Gasteiger partial charge on any atom is -0.465 e. The molecule has 0 bridgehead atoms. The minimum absolute atomic E-state index is 0.00518. The van der Waals surface area contributed by atoms with Crippen molar-refractivity contribution in [3.8, 4) is 0 Å². The summed E-state index contributed by atoms with van der Waals surface area (Å²) in [4.78, 5) is 54.2. The highest BCUT2D eigenvalue weighted by Crippen LogP contribution is 2.33. The average Bonchev–Trinajstić information content (AvgIpc) is 3.39. The molecule has 1 aromatic carbocycles. The summed E-state index contributed by atoms with van der Waals surface area (Å²) in [5.74, 6) is -0.666. The lowest BCUT2D eigenvalue weighted by Gasteiger charge is -2.42. The Hall–Kier alpha value is -3.80. The molecule has 0 radical (unpaired) electrons. The van der Waals surface area contributed by atoms with E-state index >= 15 is 0 Å². The van der Waals surface area contributed by atoms with Gasteiger partial charge in [0.2, 0.25) is 5.91 Å². The number of aromatic nitrogens is 2. The molecule has 2 aliphatic heterocycles. The first-order chi connectivity index (χ1) is 20.8. The normalized spacial score (nSPS) is 18.4. The number of amides is 3. The third-order valence-corrected chi connectivity index (χ3v) is 8.03. The first-order valence-electron chi connectivity index (χ1n) is 15.3. The molecule has 1 saturated heterocycles. The molecule has 0 spiro atoms. The standard InChI is InChI=1S/C32H45FN6O5/c1-20(2)17-39(29(41)25-16-35-30(32(3,4)5)36-27(25)34-11-7-13-44-6)24-14-22(18-37(19-24)31(42)43)28(40)38-12-10-21-8-9-23(33)15-26(21)38/h8-9,15-16,20,22,24H,7,10-14,17-19H2,1-6H3,(H,42,43)(H,34,35,36)/t22-,24+/m1/s1. The zero-order valence-electron chi connectivity index (χ0n) is 26.6. The maximum atomic E-state index is 14.3. The Balaban J connectivity index is 1.66. The van der Waals surface area contributed by atoms with E-state index < -0.39 is 23.9 Å². The number of carbonyl (C=O) groups excluding carboxylic acids is 2. The number of likely N-dealkylation sites (tertiary alicyclic amines) is 1. The molecule has 2 aliphatic rings. The number of benzene rings is 1. The Morgan fingerprint density at radius 2 is 1.98 bits per heavy atom. The number of carboxylic acid groups (broad SMARTS) is 1. The summed E-state index contributed by atoms with van der Waals surface area (Å²) in [6, 6.07) is 3.85. The second kappa shape index (κ2) is 13.9. The summed E-state index contributed by atoms with van der Waals surface area (Å²) in [5, 5.41) is 13.3. The highest BCUT2D eigenvalue weighted by atomic mass is 19.1. The number of nitrogens with zero attached hydrogens (tertiary/aromatic N) is 5. The molecule has 2 aromatic rings. The molecule has 240 valence electrons. The molecule has 4 rings (SSSR count). The van der Waals surface area contributed by atoms with Gasteiger partial charge in [0.1, 0.15) is 23.0 Å². The number of halogens is 1. The molecule has 3 heterocycles.